The van der Waals surface area contributed by atoms with E-state index in [0.717, 1.165) is 12.1 Å². The van der Waals surface area contributed by atoms with Gasteiger partial charge in [0.05, 0.1) is 11.8 Å². The molecule has 0 unspecified atom stereocenters. The monoisotopic (exact) mass is 547 g/mol. The highest BCUT2D eigenvalue weighted by Crippen LogP contribution is 2.38. The molecule has 1 amide bonds. The van der Waals surface area contributed by atoms with Crippen LogP contribution < -0.4 is 25.4 Å². The second-order valence-corrected chi connectivity index (χ2v) is 8.91. The number of aromatic nitrogens is 4. The molecule has 0 aliphatic carbocycles. The number of aryl methyl sites for hydroxylation is 1. The number of halogens is 4. The molecule has 3 N–H and O–H groups in total. The number of hydrogen-bond acceptors (Lipinski definition) is 8. The third-order valence-corrected chi connectivity index (χ3v) is 5.97. The number of hydrogen-bond donors (Lipinski definition) is 3. The minimum Gasteiger partial charge on any atom is -0.488 e. The van der Waals surface area contributed by atoms with Crippen molar-refractivity contribution in [2.24, 2.45) is 7.05 Å². The standard InChI is InChI=1S/C24H21ClF3N7O3/c1-12(36)32-19-8-15(3-4-30-19)38-18-11-31-22-21(20(18)25)35(2)23(34-22)33-14-5-13(24(26,27)28)6-16(7-14)37-17-9-29-10-17/h3-8,11,17,29H,9-10H2,1-2H3,(H,30,32,36)(H,31,33,34). The minimum absolute atomic E-state index is 0.0930. The summed E-state index contributed by atoms with van der Waals surface area (Å²) in [6.45, 7) is 2.48. The first kappa shape index (κ1) is 25.5. The fourth-order valence-electron chi connectivity index (χ4n) is 3.72. The summed E-state index contributed by atoms with van der Waals surface area (Å²) in [5.74, 6) is 0.868. The van der Waals surface area contributed by atoms with E-state index in [1.165, 1.54) is 31.5 Å². The van der Waals surface area contributed by atoms with E-state index in [9.17, 15) is 18.0 Å². The van der Waals surface area contributed by atoms with Crippen molar-refractivity contribution in [1.82, 2.24) is 24.8 Å². The summed E-state index contributed by atoms with van der Waals surface area (Å²) >= 11 is 6.61. The Labute approximate surface area is 219 Å². The number of imidazole rings is 1. The molecular formula is C24H21ClF3N7O3. The predicted octanol–water partition coefficient (Wildman–Crippen LogP) is 4.88. The molecule has 14 heteroatoms. The van der Waals surface area contributed by atoms with Crippen LogP contribution in [-0.4, -0.2) is 44.6 Å². The zero-order chi connectivity index (χ0) is 27.0. The number of nitrogens with zero attached hydrogens (tertiary/aromatic N) is 4. The van der Waals surface area contributed by atoms with Crippen molar-refractivity contribution < 1.29 is 27.4 Å². The molecule has 1 saturated heterocycles. The van der Waals surface area contributed by atoms with Crippen LogP contribution in [0.5, 0.6) is 17.2 Å². The van der Waals surface area contributed by atoms with Crippen molar-refractivity contribution in [2.45, 2.75) is 19.2 Å². The van der Waals surface area contributed by atoms with Crippen LogP contribution in [-0.2, 0) is 18.0 Å². The zero-order valence-corrected chi connectivity index (χ0v) is 20.8. The Morgan fingerprint density at radius 1 is 1.18 bits per heavy atom. The largest absolute Gasteiger partial charge is 0.488 e. The van der Waals surface area contributed by atoms with Crippen molar-refractivity contribution in [2.75, 3.05) is 23.7 Å². The Bertz CT molecular complexity index is 1520. The van der Waals surface area contributed by atoms with Gasteiger partial charge in [-0.25, -0.2) is 9.97 Å². The molecule has 38 heavy (non-hydrogen) atoms. The maximum atomic E-state index is 13.5. The molecule has 5 rings (SSSR count). The van der Waals surface area contributed by atoms with Crippen molar-refractivity contribution >= 4 is 46.1 Å². The number of carbonyl (C=O) groups excluding carboxylic acids is 1. The molecule has 1 aliphatic heterocycles. The summed E-state index contributed by atoms with van der Waals surface area (Å²) in [4.78, 5) is 24.0. The van der Waals surface area contributed by atoms with E-state index < -0.39 is 11.7 Å². The highest BCUT2D eigenvalue weighted by atomic mass is 35.5. The first-order valence-electron chi connectivity index (χ1n) is 11.4. The first-order chi connectivity index (χ1) is 18.1. The quantitative estimate of drug-likeness (QED) is 0.300. The summed E-state index contributed by atoms with van der Waals surface area (Å²) in [5, 5.41) is 8.67. The van der Waals surface area contributed by atoms with E-state index >= 15 is 0 Å². The molecule has 1 aromatic carbocycles. The highest BCUT2D eigenvalue weighted by molar-refractivity contribution is 6.36. The average molecular weight is 548 g/mol. The van der Waals surface area contributed by atoms with Gasteiger partial charge in [0, 0.05) is 51.1 Å². The van der Waals surface area contributed by atoms with Gasteiger partial charge in [0.2, 0.25) is 11.9 Å². The molecule has 1 fully saturated rings. The van der Waals surface area contributed by atoms with Crippen LogP contribution in [0.1, 0.15) is 12.5 Å². The number of nitrogens with one attached hydrogen (secondary N) is 3. The maximum absolute atomic E-state index is 13.5. The Hall–Kier alpha value is -4.10. The van der Waals surface area contributed by atoms with Crippen molar-refractivity contribution in [3.8, 4) is 17.2 Å². The molecule has 0 saturated carbocycles. The fourth-order valence-corrected chi connectivity index (χ4v) is 4.01. The number of ether oxygens (including phenoxy) is 2. The van der Waals surface area contributed by atoms with Gasteiger partial charge in [-0.3, -0.25) is 4.79 Å². The second-order valence-electron chi connectivity index (χ2n) is 8.53. The number of alkyl halides is 3. The number of fused-ring (bicyclic) bond motifs is 1. The van der Waals surface area contributed by atoms with Gasteiger partial charge in [0.15, 0.2) is 11.4 Å². The smallest absolute Gasteiger partial charge is 0.416 e. The number of pyridine rings is 2. The molecular weight excluding hydrogens is 527 g/mol. The molecule has 4 aromatic rings. The summed E-state index contributed by atoms with van der Waals surface area (Å²) in [6.07, 6.45) is -1.92. The predicted molar refractivity (Wildman–Crippen MR) is 134 cm³/mol. The summed E-state index contributed by atoms with van der Waals surface area (Å²) in [7, 11) is 1.64. The molecule has 0 atom stereocenters. The fraction of sp³-hybridized carbons (Fsp3) is 0.250. The van der Waals surface area contributed by atoms with E-state index in [1.54, 1.807) is 17.7 Å². The van der Waals surface area contributed by atoms with E-state index in [0.29, 0.717) is 30.2 Å². The van der Waals surface area contributed by atoms with Gasteiger partial charge in [0.25, 0.3) is 0 Å². The Balaban J connectivity index is 1.44. The lowest BCUT2D eigenvalue weighted by molar-refractivity contribution is -0.137. The van der Waals surface area contributed by atoms with Crippen LogP contribution in [0.25, 0.3) is 11.2 Å². The van der Waals surface area contributed by atoms with Gasteiger partial charge in [-0.1, -0.05) is 11.6 Å². The van der Waals surface area contributed by atoms with Crippen LogP contribution in [0.15, 0.2) is 42.7 Å². The number of anilines is 3. The first-order valence-corrected chi connectivity index (χ1v) is 11.7. The molecule has 10 nitrogen and oxygen atoms in total. The maximum Gasteiger partial charge on any atom is 0.416 e. The van der Waals surface area contributed by atoms with Crippen LogP contribution in [0.4, 0.5) is 30.6 Å². The van der Waals surface area contributed by atoms with Crippen LogP contribution >= 0.6 is 11.6 Å². The van der Waals surface area contributed by atoms with E-state index in [-0.39, 0.29) is 45.8 Å². The van der Waals surface area contributed by atoms with Gasteiger partial charge in [-0.2, -0.15) is 18.2 Å². The van der Waals surface area contributed by atoms with Crippen molar-refractivity contribution in [3.05, 3.63) is 53.3 Å². The SMILES string of the molecule is CC(=O)Nc1cc(Oc2cnc3nc(Nc4cc(OC5CNC5)cc(C(F)(F)F)c4)n(C)c3c2Cl)ccn1. The molecule has 0 spiro atoms. The third-order valence-electron chi connectivity index (χ3n) is 5.61. The molecule has 0 radical (unpaired) electrons. The lowest BCUT2D eigenvalue weighted by Crippen LogP contribution is -2.50. The number of amides is 1. The van der Waals surface area contributed by atoms with Gasteiger partial charge in [-0.15, -0.1) is 0 Å². The second kappa shape index (κ2) is 9.99. The molecule has 4 heterocycles. The lowest BCUT2D eigenvalue weighted by Gasteiger charge is -2.28. The van der Waals surface area contributed by atoms with Crippen molar-refractivity contribution in [1.29, 1.82) is 0 Å². The normalized spacial score (nSPS) is 13.7. The van der Waals surface area contributed by atoms with E-state index in [2.05, 4.69) is 30.9 Å². The summed E-state index contributed by atoms with van der Waals surface area (Å²) < 4.78 is 53.7. The topological polar surface area (TPSA) is 115 Å². The van der Waals surface area contributed by atoms with E-state index in [4.69, 9.17) is 21.1 Å². The third kappa shape index (κ3) is 5.43. The Morgan fingerprint density at radius 3 is 2.66 bits per heavy atom. The Kier molecular flexibility index (Phi) is 6.71. The number of carbonyl (C=O) groups is 1. The molecule has 0 bridgehead atoms. The van der Waals surface area contributed by atoms with Gasteiger partial charge in [0.1, 0.15) is 34.0 Å². The number of benzene rings is 1. The Morgan fingerprint density at radius 2 is 1.97 bits per heavy atom. The molecule has 198 valence electrons. The molecule has 1 aliphatic rings. The number of rotatable bonds is 7. The van der Waals surface area contributed by atoms with Crippen LogP contribution in [0.2, 0.25) is 5.02 Å². The lowest BCUT2D eigenvalue weighted by atomic mass is 10.1. The van der Waals surface area contributed by atoms with Gasteiger partial charge >= 0.3 is 6.18 Å². The van der Waals surface area contributed by atoms with Gasteiger partial charge in [-0.05, 0) is 18.2 Å². The average Bonchev–Trinajstić information content (AvgIpc) is 3.13. The van der Waals surface area contributed by atoms with Crippen molar-refractivity contribution in [3.63, 3.8) is 0 Å². The molecule has 3 aromatic heterocycles. The zero-order valence-electron chi connectivity index (χ0n) is 20.1. The summed E-state index contributed by atoms with van der Waals surface area (Å²) in [6, 6.07) is 6.52. The van der Waals surface area contributed by atoms with Gasteiger partial charge < -0.3 is 30.0 Å². The highest BCUT2D eigenvalue weighted by Gasteiger charge is 2.32. The van der Waals surface area contributed by atoms with Crippen LogP contribution in [0.3, 0.4) is 0 Å². The van der Waals surface area contributed by atoms with E-state index in [1.807, 2.05) is 0 Å². The van der Waals surface area contributed by atoms with Crippen LogP contribution in [0, 0.1) is 0 Å². The summed E-state index contributed by atoms with van der Waals surface area (Å²) in [5.41, 5.74) is -0.0708. The minimum atomic E-state index is -4.57.